The maximum atomic E-state index is 12.4. The zero-order chi connectivity index (χ0) is 16.1. The summed E-state index contributed by atoms with van der Waals surface area (Å²) in [6.45, 7) is 12.4. The lowest BCUT2D eigenvalue weighted by atomic mass is 9.84. The Hall–Kier alpha value is -0.330. The summed E-state index contributed by atoms with van der Waals surface area (Å²) in [4.78, 5) is 3.79. The van der Waals surface area contributed by atoms with E-state index in [0.717, 1.165) is 32.6 Å². The maximum Gasteiger partial charge on any atom is 0.401 e. The Bertz CT molecular complexity index is 297. The molecular weight excluding hydrogens is 279 g/mol. The van der Waals surface area contributed by atoms with E-state index in [1.165, 1.54) is 4.90 Å². The molecule has 0 bridgehead atoms. The molecule has 1 aliphatic heterocycles. The van der Waals surface area contributed by atoms with E-state index in [-0.39, 0.29) is 5.41 Å². The fraction of sp³-hybridized carbons (Fsp3) is 1.00. The molecule has 0 aromatic heterocycles. The molecule has 0 radical (unpaired) electrons. The molecule has 1 atom stereocenters. The summed E-state index contributed by atoms with van der Waals surface area (Å²) >= 11 is 0. The second-order valence-corrected chi connectivity index (χ2v) is 6.83. The van der Waals surface area contributed by atoms with Crippen molar-refractivity contribution in [1.29, 1.82) is 0 Å². The Balaban J connectivity index is 2.37. The smallest absolute Gasteiger partial charge is 0.314 e. The van der Waals surface area contributed by atoms with Crippen LogP contribution in [0.4, 0.5) is 13.2 Å². The Morgan fingerprint density at radius 2 is 1.48 bits per heavy atom. The summed E-state index contributed by atoms with van der Waals surface area (Å²) < 4.78 is 37.1. The number of rotatable bonds is 7. The van der Waals surface area contributed by atoms with Crippen molar-refractivity contribution in [2.45, 2.75) is 46.3 Å². The minimum atomic E-state index is -4.08. The van der Waals surface area contributed by atoms with Crippen LogP contribution < -0.4 is 5.32 Å². The fourth-order valence-electron chi connectivity index (χ4n) is 2.71. The molecule has 1 saturated heterocycles. The van der Waals surface area contributed by atoms with Crippen LogP contribution in [0, 0.1) is 5.41 Å². The quantitative estimate of drug-likeness (QED) is 0.780. The van der Waals surface area contributed by atoms with Gasteiger partial charge in [0.1, 0.15) is 0 Å². The van der Waals surface area contributed by atoms with Crippen LogP contribution in [-0.4, -0.2) is 67.8 Å². The first-order chi connectivity index (χ1) is 9.64. The number of nitrogens with one attached hydrogen (secondary N) is 1. The van der Waals surface area contributed by atoms with Gasteiger partial charge in [0.15, 0.2) is 0 Å². The van der Waals surface area contributed by atoms with Gasteiger partial charge in [-0.05, 0) is 25.3 Å². The minimum Gasteiger partial charge on any atom is -0.314 e. The van der Waals surface area contributed by atoms with Gasteiger partial charge in [-0.3, -0.25) is 4.90 Å². The number of halogens is 3. The monoisotopic (exact) mass is 309 g/mol. The molecule has 1 rings (SSSR count). The molecule has 0 aliphatic carbocycles. The second kappa shape index (κ2) is 7.79. The standard InChI is InChI=1S/C15H30F3N3/c1-5-6-19-13(2)14(3,4)11-20-7-9-21(10-8-20)12-15(16,17)18/h13,19H,5-12H2,1-4H3. The summed E-state index contributed by atoms with van der Waals surface area (Å²) in [6.07, 6.45) is -2.98. The summed E-state index contributed by atoms with van der Waals surface area (Å²) in [5.41, 5.74) is 0.112. The van der Waals surface area contributed by atoms with E-state index in [4.69, 9.17) is 0 Å². The van der Waals surface area contributed by atoms with Gasteiger partial charge < -0.3 is 10.2 Å². The lowest BCUT2D eigenvalue weighted by Gasteiger charge is -2.41. The van der Waals surface area contributed by atoms with Crippen molar-refractivity contribution < 1.29 is 13.2 Å². The summed E-state index contributed by atoms with van der Waals surface area (Å²) in [7, 11) is 0. The van der Waals surface area contributed by atoms with Crippen molar-refractivity contribution in [2.24, 2.45) is 5.41 Å². The Labute approximate surface area is 126 Å². The second-order valence-electron chi connectivity index (χ2n) is 6.83. The van der Waals surface area contributed by atoms with E-state index in [1.54, 1.807) is 0 Å². The van der Waals surface area contributed by atoms with E-state index in [0.29, 0.717) is 19.1 Å². The van der Waals surface area contributed by atoms with Crippen molar-refractivity contribution in [3.8, 4) is 0 Å². The molecule has 3 nitrogen and oxygen atoms in total. The third-order valence-electron chi connectivity index (χ3n) is 4.37. The maximum absolute atomic E-state index is 12.4. The number of hydrogen-bond acceptors (Lipinski definition) is 3. The Kier molecular flexibility index (Phi) is 6.94. The van der Waals surface area contributed by atoms with Gasteiger partial charge in [0.2, 0.25) is 0 Å². The molecule has 0 saturated carbocycles. The van der Waals surface area contributed by atoms with Crippen LogP contribution in [0.5, 0.6) is 0 Å². The minimum absolute atomic E-state index is 0.112. The number of piperazine rings is 1. The van der Waals surface area contributed by atoms with Gasteiger partial charge in [0.05, 0.1) is 6.54 Å². The highest BCUT2D eigenvalue weighted by atomic mass is 19.4. The normalized spacial score (nSPS) is 20.7. The summed E-state index contributed by atoms with van der Waals surface area (Å²) in [5.74, 6) is 0. The van der Waals surface area contributed by atoms with Gasteiger partial charge in [0, 0.05) is 38.8 Å². The van der Waals surface area contributed by atoms with Crippen molar-refractivity contribution in [3.63, 3.8) is 0 Å². The number of hydrogen-bond donors (Lipinski definition) is 1. The van der Waals surface area contributed by atoms with Crippen LogP contribution in [0.1, 0.15) is 34.1 Å². The third-order valence-corrected chi connectivity index (χ3v) is 4.37. The van der Waals surface area contributed by atoms with E-state index in [2.05, 4.69) is 37.9 Å². The zero-order valence-corrected chi connectivity index (χ0v) is 13.8. The topological polar surface area (TPSA) is 18.5 Å². The molecule has 0 amide bonds. The highest BCUT2D eigenvalue weighted by Crippen LogP contribution is 2.23. The first kappa shape index (κ1) is 18.7. The van der Waals surface area contributed by atoms with Crippen molar-refractivity contribution in [1.82, 2.24) is 15.1 Å². The van der Waals surface area contributed by atoms with Gasteiger partial charge >= 0.3 is 6.18 Å². The molecule has 0 aromatic carbocycles. The van der Waals surface area contributed by atoms with Crippen molar-refractivity contribution in [3.05, 3.63) is 0 Å². The first-order valence-corrected chi connectivity index (χ1v) is 7.89. The van der Waals surface area contributed by atoms with Crippen LogP contribution in [0.2, 0.25) is 0 Å². The molecule has 1 heterocycles. The lowest BCUT2D eigenvalue weighted by molar-refractivity contribution is -0.149. The van der Waals surface area contributed by atoms with Gasteiger partial charge in [-0.15, -0.1) is 0 Å². The highest BCUT2D eigenvalue weighted by Gasteiger charge is 2.34. The van der Waals surface area contributed by atoms with Gasteiger partial charge in [-0.1, -0.05) is 20.8 Å². The highest BCUT2D eigenvalue weighted by molar-refractivity contribution is 4.86. The van der Waals surface area contributed by atoms with Crippen LogP contribution in [0.25, 0.3) is 0 Å². The van der Waals surface area contributed by atoms with E-state index in [1.807, 2.05) is 0 Å². The molecule has 6 heteroatoms. The lowest BCUT2D eigenvalue weighted by Crippen LogP contribution is -2.53. The van der Waals surface area contributed by atoms with Crippen LogP contribution in [-0.2, 0) is 0 Å². The fourth-order valence-corrected chi connectivity index (χ4v) is 2.71. The molecule has 1 unspecified atom stereocenters. The van der Waals surface area contributed by atoms with E-state index < -0.39 is 12.7 Å². The molecular formula is C15H30F3N3. The van der Waals surface area contributed by atoms with Crippen molar-refractivity contribution >= 4 is 0 Å². The van der Waals surface area contributed by atoms with Crippen LogP contribution in [0.3, 0.4) is 0 Å². The predicted molar refractivity (Wildman–Crippen MR) is 80.5 cm³/mol. The molecule has 1 aliphatic rings. The SMILES string of the molecule is CCCNC(C)C(C)(C)CN1CCN(CC(F)(F)F)CC1. The molecule has 1 fully saturated rings. The van der Waals surface area contributed by atoms with Crippen molar-refractivity contribution in [2.75, 3.05) is 45.8 Å². The Morgan fingerprint density at radius 3 is 1.90 bits per heavy atom. The van der Waals surface area contributed by atoms with E-state index >= 15 is 0 Å². The number of alkyl halides is 3. The molecule has 126 valence electrons. The molecule has 0 aromatic rings. The zero-order valence-electron chi connectivity index (χ0n) is 13.8. The predicted octanol–water partition coefficient (Wildman–Crippen LogP) is 2.58. The molecule has 1 N–H and O–H groups in total. The summed E-state index contributed by atoms with van der Waals surface area (Å²) in [6, 6.07) is 0.394. The average molecular weight is 309 g/mol. The molecule has 21 heavy (non-hydrogen) atoms. The first-order valence-electron chi connectivity index (χ1n) is 7.89. The van der Waals surface area contributed by atoms with Gasteiger partial charge in [-0.2, -0.15) is 13.2 Å². The molecule has 0 spiro atoms. The average Bonchev–Trinajstić information content (AvgIpc) is 2.36. The Morgan fingerprint density at radius 1 is 1.00 bits per heavy atom. The van der Waals surface area contributed by atoms with Crippen LogP contribution in [0.15, 0.2) is 0 Å². The largest absolute Gasteiger partial charge is 0.401 e. The van der Waals surface area contributed by atoms with Gasteiger partial charge in [-0.25, -0.2) is 0 Å². The number of nitrogens with zero attached hydrogens (tertiary/aromatic N) is 2. The van der Waals surface area contributed by atoms with Gasteiger partial charge in [0.25, 0.3) is 0 Å². The van der Waals surface area contributed by atoms with E-state index in [9.17, 15) is 13.2 Å². The summed E-state index contributed by atoms with van der Waals surface area (Å²) in [5, 5.41) is 3.52. The third kappa shape index (κ3) is 6.98. The van der Waals surface area contributed by atoms with Crippen LogP contribution >= 0.6 is 0 Å².